The van der Waals surface area contributed by atoms with Crippen molar-refractivity contribution in [1.82, 2.24) is 0 Å². The van der Waals surface area contributed by atoms with Crippen molar-refractivity contribution < 1.29 is 18.9 Å². The van der Waals surface area contributed by atoms with Gasteiger partial charge in [-0.3, -0.25) is 0 Å². The molecule has 27 heavy (non-hydrogen) atoms. The van der Waals surface area contributed by atoms with Crippen LogP contribution >= 0.6 is 0 Å². The fourth-order valence-electron chi connectivity index (χ4n) is 2.63. The molecule has 0 atom stereocenters. The van der Waals surface area contributed by atoms with Gasteiger partial charge in [0, 0.05) is 6.42 Å². The Morgan fingerprint density at radius 1 is 0.519 bits per heavy atom. The van der Waals surface area contributed by atoms with Crippen LogP contribution in [0.5, 0.6) is 0 Å². The van der Waals surface area contributed by atoms with Crippen LogP contribution in [-0.2, 0) is 18.9 Å². The SMILES string of the molecule is CCCCCCCCCOCO/C(OCCCC)=C(/CCC)OCCCC. The molecule has 0 aromatic heterocycles. The standard InChI is InChI=1S/C23H46O4/c1-5-9-12-13-14-15-16-18-24-21-27-23(26-20-11-7-3)22(17-8-4)25-19-10-6-2/h5-21H2,1-4H3/b23-22-. The van der Waals surface area contributed by atoms with Crippen LogP contribution in [0.2, 0.25) is 0 Å². The monoisotopic (exact) mass is 386 g/mol. The van der Waals surface area contributed by atoms with Crippen molar-refractivity contribution in [2.24, 2.45) is 0 Å². The third-order valence-electron chi connectivity index (χ3n) is 4.38. The van der Waals surface area contributed by atoms with Gasteiger partial charge >= 0.3 is 5.95 Å². The van der Waals surface area contributed by atoms with Crippen molar-refractivity contribution >= 4 is 0 Å². The third-order valence-corrected chi connectivity index (χ3v) is 4.38. The zero-order valence-electron chi connectivity index (χ0n) is 18.7. The zero-order chi connectivity index (χ0) is 20.0. The minimum atomic E-state index is 0.238. The Morgan fingerprint density at radius 3 is 1.74 bits per heavy atom. The van der Waals surface area contributed by atoms with Gasteiger partial charge in [0.05, 0.1) is 19.8 Å². The highest BCUT2D eigenvalue weighted by Crippen LogP contribution is 2.17. The highest BCUT2D eigenvalue weighted by atomic mass is 16.7. The van der Waals surface area contributed by atoms with Crippen LogP contribution in [0.25, 0.3) is 0 Å². The third kappa shape index (κ3) is 17.0. The van der Waals surface area contributed by atoms with E-state index < -0.39 is 0 Å². The minimum Gasteiger partial charge on any atom is -0.491 e. The first-order valence-corrected chi connectivity index (χ1v) is 11.5. The number of hydrogen-bond acceptors (Lipinski definition) is 4. The molecule has 0 fully saturated rings. The molecule has 162 valence electrons. The van der Waals surface area contributed by atoms with Crippen LogP contribution in [0.1, 0.15) is 111 Å². The molecule has 0 aliphatic heterocycles. The summed E-state index contributed by atoms with van der Waals surface area (Å²) in [5.74, 6) is 1.36. The molecule has 0 spiro atoms. The molecular formula is C23H46O4. The van der Waals surface area contributed by atoms with Gasteiger partial charge in [0.1, 0.15) is 0 Å². The largest absolute Gasteiger partial charge is 0.491 e. The molecule has 0 aromatic rings. The molecule has 4 heteroatoms. The minimum absolute atomic E-state index is 0.238. The van der Waals surface area contributed by atoms with E-state index in [9.17, 15) is 0 Å². The van der Waals surface area contributed by atoms with Crippen LogP contribution in [0.4, 0.5) is 0 Å². The van der Waals surface area contributed by atoms with Gasteiger partial charge in [0.15, 0.2) is 12.6 Å². The normalized spacial score (nSPS) is 12.0. The average Bonchev–Trinajstić information content (AvgIpc) is 2.67. The summed E-state index contributed by atoms with van der Waals surface area (Å²) < 4.78 is 23.3. The smallest absolute Gasteiger partial charge is 0.321 e. The van der Waals surface area contributed by atoms with E-state index in [0.717, 1.165) is 57.3 Å². The maximum atomic E-state index is 5.93. The highest BCUT2D eigenvalue weighted by Gasteiger charge is 2.12. The van der Waals surface area contributed by atoms with Gasteiger partial charge in [-0.15, -0.1) is 0 Å². The van der Waals surface area contributed by atoms with Crippen LogP contribution in [0, 0.1) is 0 Å². The topological polar surface area (TPSA) is 36.9 Å². The molecule has 0 rings (SSSR count). The fraction of sp³-hybridized carbons (Fsp3) is 0.913. The van der Waals surface area contributed by atoms with Crippen molar-refractivity contribution in [3.8, 4) is 0 Å². The molecule has 0 aromatic carbocycles. The summed E-state index contributed by atoms with van der Waals surface area (Å²) in [6.07, 6.45) is 15.1. The Morgan fingerprint density at radius 2 is 1.11 bits per heavy atom. The van der Waals surface area contributed by atoms with Crippen LogP contribution in [0.15, 0.2) is 11.7 Å². The predicted octanol–water partition coefficient (Wildman–Crippen LogP) is 7.33. The molecule has 0 amide bonds. The van der Waals surface area contributed by atoms with E-state index >= 15 is 0 Å². The van der Waals surface area contributed by atoms with E-state index in [4.69, 9.17) is 18.9 Å². The van der Waals surface area contributed by atoms with E-state index in [1.807, 2.05) is 0 Å². The van der Waals surface area contributed by atoms with Crippen LogP contribution in [-0.4, -0.2) is 26.6 Å². The second-order valence-corrected chi connectivity index (χ2v) is 7.16. The first-order valence-electron chi connectivity index (χ1n) is 11.5. The summed E-state index contributed by atoms with van der Waals surface area (Å²) in [4.78, 5) is 0. The number of rotatable bonds is 21. The maximum absolute atomic E-state index is 5.93. The Hall–Kier alpha value is -0.900. The van der Waals surface area contributed by atoms with E-state index in [2.05, 4.69) is 27.7 Å². The maximum Gasteiger partial charge on any atom is 0.321 e. The summed E-state index contributed by atoms with van der Waals surface area (Å²) in [6.45, 7) is 11.1. The highest BCUT2D eigenvalue weighted by molar-refractivity contribution is 4.95. The summed E-state index contributed by atoms with van der Waals surface area (Å²) >= 11 is 0. The molecule has 0 N–H and O–H groups in total. The number of allylic oxidation sites excluding steroid dienone is 1. The van der Waals surface area contributed by atoms with Gasteiger partial charge in [0.25, 0.3) is 0 Å². The van der Waals surface area contributed by atoms with Crippen LogP contribution < -0.4 is 0 Å². The number of unbranched alkanes of at least 4 members (excludes halogenated alkanes) is 8. The van der Waals surface area contributed by atoms with Crippen molar-refractivity contribution in [1.29, 1.82) is 0 Å². The molecule has 0 aliphatic rings. The first kappa shape index (κ1) is 26.1. The molecule has 0 aliphatic carbocycles. The molecule has 0 saturated heterocycles. The Balaban J connectivity index is 4.19. The summed E-state index contributed by atoms with van der Waals surface area (Å²) in [5, 5.41) is 0. The molecule has 0 bridgehead atoms. The lowest BCUT2D eigenvalue weighted by molar-refractivity contribution is -0.0844. The van der Waals surface area contributed by atoms with Crippen molar-refractivity contribution in [3.05, 3.63) is 11.7 Å². The summed E-state index contributed by atoms with van der Waals surface area (Å²) in [5.41, 5.74) is 0. The van der Waals surface area contributed by atoms with Gasteiger partial charge in [-0.25, -0.2) is 0 Å². The molecule has 4 nitrogen and oxygen atoms in total. The number of hydrogen-bond donors (Lipinski definition) is 0. The molecular weight excluding hydrogens is 340 g/mol. The lowest BCUT2D eigenvalue weighted by Crippen LogP contribution is -2.10. The zero-order valence-corrected chi connectivity index (χ0v) is 18.7. The Labute approximate surface area is 169 Å². The fourth-order valence-corrected chi connectivity index (χ4v) is 2.63. The average molecular weight is 387 g/mol. The quantitative estimate of drug-likeness (QED) is 0.117. The van der Waals surface area contributed by atoms with Crippen molar-refractivity contribution in [2.75, 3.05) is 26.6 Å². The molecule has 0 radical (unpaired) electrons. The number of ether oxygens (including phenoxy) is 4. The Bertz CT molecular complexity index is 328. The molecule has 0 saturated carbocycles. The van der Waals surface area contributed by atoms with E-state index in [-0.39, 0.29) is 6.79 Å². The van der Waals surface area contributed by atoms with E-state index in [0.29, 0.717) is 19.2 Å². The summed E-state index contributed by atoms with van der Waals surface area (Å²) in [7, 11) is 0. The second kappa shape index (κ2) is 21.4. The van der Waals surface area contributed by atoms with Gasteiger partial charge in [-0.1, -0.05) is 79.1 Å². The van der Waals surface area contributed by atoms with Gasteiger partial charge in [-0.05, 0) is 25.7 Å². The van der Waals surface area contributed by atoms with Gasteiger partial charge < -0.3 is 18.9 Å². The van der Waals surface area contributed by atoms with Gasteiger partial charge in [-0.2, -0.15) is 0 Å². The van der Waals surface area contributed by atoms with Crippen LogP contribution in [0.3, 0.4) is 0 Å². The van der Waals surface area contributed by atoms with Gasteiger partial charge in [0.2, 0.25) is 0 Å². The summed E-state index contributed by atoms with van der Waals surface area (Å²) in [6, 6.07) is 0. The first-order chi connectivity index (χ1) is 13.3. The van der Waals surface area contributed by atoms with E-state index in [1.165, 1.54) is 38.5 Å². The lowest BCUT2D eigenvalue weighted by atomic mass is 10.1. The van der Waals surface area contributed by atoms with E-state index in [1.54, 1.807) is 0 Å². The van der Waals surface area contributed by atoms with Crippen molar-refractivity contribution in [2.45, 2.75) is 111 Å². The molecule has 0 heterocycles. The van der Waals surface area contributed by atoms with Crippen molar-refractivity contribution in [3.63, 3.8) is 0 Å². The Kier molecular flexibility index (Phi) is 20.7. The predicted molar refractivity (Wildman–Crippen MR) is 114 cm³/mol. The lowest BCUT2D eigenvalue weighted by Gasteiger charge is -2.17. The molecule has 0 unspecified atom stereocenters. The second-order valence-electron chi connectivity index (χ2n) is 7.16.